The molecule has 0 aromatic carbocycles. The molecule has 0 spiro atoms. The van der Waals surface area contributed by atoms with Crippen molar-refractivity contribution in [3.05, 3.63) is 25.6 Å². The molecule has 2 aliphatic rings. The van der Waals surface area contributed by atoms with Gasteiger partial charge in [0.05, 0.1) is 0 Å². The van der Waals surface area contributed by atoms with E-state index >= 15 is 0 Å². The summed E-state index contributed by atoms with van der Waals surface area (Å²) in [5, 5.41) is 32.9. The Morgan fingerprint density at radius 1 is 1.34 bits per heavy atom. The highest BCUT2D eigenvalue weighted by molar-refractivity contribution is 8.07. The normalized spacial score (nSPS) is 20.0. The number of carboxylic acid groups (broad SMARTS) is 1. The molecule has 0 aliphatic carbocycles. The van der Waals surface area contributed by atoms with Crippen molar-refractivity contribution in [2.24, 2.45) is 10.9 Å². The zero-order valence-corrected chi connectivity index (χ0v) is 22.0. The summed E-state index contributed by atoms with van der Waals surface area (Å²) >= 11 is 12.1. The third-order valence-corrected chi connectivity index (χ3v) is 10.1. The molecule has 0 radical (unpaired) electrons. The summed E-state index contributed by atoms with van der Waals surface area (Å²) in [7, 11) is 0. The molecule has 35 heavy (non-hydrogen) atoms. The molecule has 186 valence electrons. The van der Waals surface area contributed by atoms with Gasteiger partial charge in [-0.1, -0.05) is 51.2 Å². The molecular weight excluding hydrogens is 580 g/mol. The Kier molecular flexibility index (Phi) is 8.09. The van der Waals surface area contributed by atoms with Crippen LogP contribution in [0.2, 0.25) is 4.34 Å². The fourth-order valence-electron chi connectivity index (χ4n) is 3.13. The molecule has 2 atom stereocenters. The van der Waals surface area contributed by atoms with Crippen molar-refractivity contribution in [3.63, 3.8) is 0 Å². The van der Waals surface area contributed by atoms with Crippen LogP contribution in [0.15, 0.2) is 20.1 Å². The van der Waals surface area contributed by atoms with Gasteiger partial charge in [-0.05, 0) is 0 Å². The van der Waals surface area contributed by atoms with Crippen LogP contribution in [0.3, 0.4) is 0 Å². The highest BCUT2D eigenvalue weighted by atomic mass is 35.5. The number of thioether (sulfide) groups is 3. The number of nitrogen functional groups attached to an aromatic ring is 1. The number of nitrogens with two attached hydrogens (primary N) is 2. The maximum atomic E-state index is 12.9. The van der Waals surface area contributed by atoms with E-state index in [2.05, 4.69) is 25.7 Å². The van der Waals surface area contributed by atoms with Gasteiger partial charge in [0, 0.05) is 22.3 Å². The Morgan fingerprint density at radius 2 is 2.11 bits per heavy atom. The summed E-state index contributed by atoms with van der Waals surface area (Å²) < 4.78 is 0.588. The van der Waals surface area contributed by atoms with Crippen LogP contribution < -0.4 is 16.8 Å². The lowest BCUT2D eigenvalue weighted by Crippen LogP contribution is -2.71. The van der Waals surface area contributed by atoms with Gasteiger partial charge >= 0.3 is 5.97 Å². The highest BCUT2D eigenvalue weighted by Gasteiger charge is 2.54. The number of carboxylic acids is 1. The van der Waals surface area contributed by atoms with Gasteiger partial charge in [-0.3, -0.25) is 14.5 Å². The molecule has 0 saturated carbocycles. The molecule has 7 N–H and O–H groups in total. The number of fused-ring (bicyclic) bond motifs is 1. The average Bonchev–Trinajstić information content (AvgIpc) is 3.41. The molecule has 4 heterocycles. The van der Waals surface area contributed by atoms with Crippen LogP contribution in [0.1, 0.15) is 10.7 Å². The van der Waals surface area contributed by atoms with Gasteiger partial charge in [-0.2, -0.15) is 0 Å². The van der Waals surface area contributed by atoms with Crippen LogP contribution in [-0.2, 0) is 20.1 Å². The molecule has 19 heteroatoms. The number of carbonyl (C=O) groups excluding carboxylic acids is 2. The fourth-order valence-corrected chi connectivity index (χ4v) is 8.23. The minimum absolute atomic E-state index is 0.0401. The van der Waals surface area contributed by atoms with E-state index in [-0.39, 0.29) is 26.6 Å². The Balaban J connectivity index is 1.49. The number of nitrogens with one attached hydrogen (secondary N) is 1. The third-order valence-electron chi connectivity index (χ3n) is 4.57. The van der Waals surface area contributed by atoms with Crippen molar-refractivity contribution >= 4 is 98.2 Å². The lowest BCUT2D eigenvalue weighted by atomic mass is 10.0. The molecule has 1 fully saturated rings. The van der Waals surface area contributed by atoms with Crippen LogP contribution in [0.25, 0.3) is 0 Å². The molecule has 2 aromatic rings. The maximum Gasteiger partial charge on any atom is 0.353 e. The second kappa shape index (κ2) is 10.9. The number of anilines is 1. The Hall–Kier alpha value is -2.09. The van der Waals surface area contributed by atoms with Gasteiger partial charge in [-0.25, -0.2) is 9.78 Å². The van der Waals surface area contributed by atoms with E-state index in [1.54, 1.807) is 0 Å². The number of oxime groups is 1. The number of amides is 2. The van der Waals surface area contributed by atoms with Crippen molar-refractivity contribution in [3.8, 4) is 0 Å². The molecule has 1 saturated heterocycles. The SMILES string of the molecule is NCSCc1nnc(SC2=C(C(=O)O)N3C(=O)C(NC(=O)/C(=N\O)c4nc(N)sc4Cl)C3SC2)s1. The first kappa shape index (κ1) is 26.0. The number of carbonyl (C=O) groups is 3. The molecule has 2 amide bonds. The predicted octanol–water partition coefficient (Wildman–Crippen LogP) is 1.05. The molecule has 2 aliphatic heterocycles. The molecular formula is C16H15ClN8O5S5. The zero-order chi connectivity index (χ0) is 25.3. The number of nitrogens with zero attached hydrogens (tertiary/aromatic N) is 5. The smallest absolute Gasteiger partial charge is 0.353 e. The van der Waals surface area contributed by atoms with E-state index in [9.17, 15) is 24.7 Å². The van der Waals surface area contributed by atoms with Gasteiger partial charge in [0.2, 0.25) is 0 Å². The Labute approximate surface area is 222 Å². The van der Waals surface area contributed by atoms with E-state index in [1.807, 2.05) is 0 Å². The summed E-state index contributed by atoms with van der Waals surface area (Å²) in [6, 6.07) is -1.04. The van der Waals surface area contributed by atoms with Crippen molar-refractivity contribution in [1.82, 2.24) is 25.4 Å². The first-order chi connectivity index (χ1) is 16.7. The van der Waals surface area contributed by atoms with Gasteiger partial charge in [-0.15, -0.1) is 33.7 Å². The quantitative estimate of drug-likeness (QED) is 0.0904. The number of halogens is 1. The first-order valence-corrected chi connectivity index (χ1v) is 14.4. The Morgan fingerprint density at radius 3 is 2.74 bits per heavy atom. The molecule has 2 unspecified atom stereocenters. The van der Waals surface area contributed by atoms with Gasteiger partial charge in [0.1, 0.15) is 32.2 Å². The van der Waals surface area contributed by atoms with E-state index in [0.717, 1.165) is 33.0 Å². The second-order valence-corrected chi connectivity index (χ2v) is 12.8. The van der Waals surface area contributed by atoms with Crippen molar-refractivity contribution in [1.29, 1.82) is 0 Å². The summed E-state index contributed by atoms with van der Waals surface area (Å²) in [5.74, 6) is -1.49. The number of thiazole rings is 1. The lowest BCUT2D eigenvalue weighted by Gasteiger charge is -2.49. The summed E-state index contributed by atoms with van der Waals surface area (Å²) in [4.78, 5) is 43.0. The Bertz CT molecular complexity index is 1250. The van der Waals surface area contributed by atoms with Crippen molar-refractivity contribution in [2.75, 3.05) is 17.4 Å². The standard InChI is InChI=1S/C16H15ClN8O5S5/c17-10-6(21-15(19)35-10)7(24-30)11(26)20-8-12(27)25-9(14(28)29)4(1-32-13(8)25)33-16-23-22-5(34-16)2-31-3-18/h8,13,30H,1-3,18H2,(H2,19,21)(H,20,26)(H,28,29)/b24-7-. The minimum Gasteiger partial charge on any atom is -0.477 e. The number of aliphatic carboxylic acids is 1. The summed E-state index contributed by atoms with van der Waals surface area (Å²) in [6.45, 7) is 0. The van der Waals surface area contributed by atoms with Gasteiger partial charge in [0.25, 0.3) is 11.8 Å². The zero-order valence-electron chi connectivity index (χ0n) is 17.2. The monoisotopic (exact) mass is 594 g/mol. The number of β-lactam (4-membered cyclic amide) rings is 1. The number of aromatic nitrogens is 3. The van der Waals surface area contributed by atoms with Gasteiger partial charge in [0.15, 0.2) is 15.2 Å². The molecule has 2 aromatic heterocycles. The van der Waals surface area contributed by atoms with Crippen LogP contribution in [-0.4, -0.2) is 76.9 Å². The van der Waals surface area contributed by atoms with E-state index in [1.165, 1.54) is 34.9 Å². The van der Waals surface area contributed by atoms with Crippen LogP contribution >= 0.6 is 69.6 Å². The second-order valence-electron chi connectivity index (χ2n) is 6.64. The topological polar surface area (TPSA) is 210 Å². The highest BCUT2D eigenvalue weighted by Crippen LogP contribution is 2.45. The predicted molar refractivity (Wildman–Crippen MR) is 136 cm³/mol. The van der Waals surface area contributed by atoms with Crippen molar-refractivity contribution < 1.29 is 24.7 Å². The third kappa shape index (κ3) is 5.23. The largest absolute Gasteiger partial charge is 0.477 e. The first-order valence-electron chi connectivity index (χ1n) is 9.39. The number of hydrogen-bond donors (Lipinski definition) is 5. The number of rotatable bonds is 9. The fraction of sp³-hybridized carbons (Fsp3) is 0.312. The van der Waals surface area contributed by atoms with Crippen molar-refractivity contribution in [2.45, 2.75) is 21.5 Å². The van der Waals surface area contributed by atoms with E-state index in [4.69, 9.17) is 23.1 Å². The van der Waals surface area contributed by atoms with E-state index < -0.39 is 34.9 Å². The lowest BCUT2D eigenvalue weighted by molar-refractivity contribution is -0.150. The molecule has 13 nitrogen and oxygen atoms in total. The summed E-state index contributed by atoms with van der Waals surface area (Å²) in [5.41, 5.74) is 10.2. The summed E-state index contributed by atoms with van der Waals surface area (Å²) in [6.07, 6.45) is 0. The maximum absolute atomic E-state index is 12.9. The van der Waals surface area contributed by atoms with Crippen LogP contribution in [0, 0.1) is 0 Å². The molecule has 0 bridgehead atoms. The van der Waals surface area contributed by atoms with E-state index in [0.29, 0.717) is 20.9 Å². The number of hydrogen-bond acceptors (Lipinski definition) is 15. The minimum atomic E-state index is -1.28. The molecule has 4 rings (SSSR count). The van der Waals surface area contributed by atoms with Gasteiger partial charge < -0.3 is 27.1 Å². The van der Waals surface area contributed by atoms with Crippen LogP contribution in [0.4, 0.5) is 5.13 Å². The van der Waals surface area contributed by atoms with Crippen LogP contribution in [0.5, 0.6) is 0 Å². The average molecular weight is 595 g/mol.